The Bertz CT molecular complexity index is 459. The number of halogens is 2. The van der Waals surface area contributed by atoms with Gasteiger partial charge in [0.05, 0.1) is 6.54 Å². The van der Waals surface area contributed by atoms with Crippen LogP contribution in [0.1, 0.15) is 32.1 Å². The Balaban J connectivity index is 1.68. The second-order valence-electron chi connectivity index (χ2n) is 5.05. The van der Waals surface area contributed by atoms with Gasteiger partial charge < -0.3 is 10.1 Å². The molecular formula is C15H19F2NO2. The number of carbonyl (C=O) groups is 1. The van der Waals surface area contributed by atoms with E-state index in [1.165, 1.54) is 12.5 Å². The third-order valence-electron chi connectivity index (χ3n) is 3.54. The Hall–Kier alpha value is -1.65. The smallest absolute Gasteiger partial charge is 0.223 e. The Labute approximate surface area is 117 Å². The SMILES string of the molecule is O=C(NCCOc1ccc(F)c(F)c1)C1CCCCC1. The Kier molecular flexibility index (Phi) is 5.32. The summed E-state index contributed by atoms with van der Waals surface area (Å²) in [5.41, 5.74) is 0. The quantitative estimate of drug-likeness (QED) is 0.843. The summed E-state index contributed by atoms with van der Waals surface area (Å²) >= 11 is 0. The highest BCUT2D eigenvalue weighted by Gasteiger charge is 2.20. The third kappa shape index (κ3) is 4.18. The van der Waals surface area contributed by atoms with Gasteiger partial charge in [0, 0.05) is 12.0 Å². The van der Waals surface area contributed by atoms with Crippen LogP contribution in [-0.2, 0) is 4.79 Å². The van der Waals surface area contributed by atoms with Gasteiger partial charge in [-0.05, 0) is 25.0 Å². The molecule has 3 nitrogen and oxygen atoms in total. The number of rotatable bonds is 5. The fourth-order valence-corrected chi connectivity index (χ4v) is 2.42. The van der Waals surface area contributed by atoms with E-state index >= 15 is 0 Å². The van der Waals surface area contributed by atoms with E-state index in [0.717, 1.165) is 37.8 Å². The summed E-state index contributed by atoms with van der Waals surface area (Å²) in [5.74, 6) is -1.39. The molecule has 110 valence electrons. The number of amides is 1. The predicted molar refractivity (Wildman–Crippen MR) is 71.4 cm³/mol. The van der Waals surface area contributed by atoms with Crippen LogP contribution >= 0.6 is 0 Å². The van der Waals surface area contributed by atoms with Crippen molar-refractivity contribution in [3.05, 3.63) is 29.8 Å². The average molecular weight is 283 g/mol. The third-order valence-corrected chi connectivity index (χ3v) is 3.54. The molecule has 1 saturated carbocycles. The molecule has 5 heteroatoms. The molecule has 1 aromatic carbocycles. The summed E-state index contributed by atoms with van der Waals surface area (Å²) in [5, 5.41) is 2.82. The van der Waals surface area contributed by atoms with Gasteiger partial charge >= 0.3 is 0 Å². The molecule has 0 saturated heterocycles. The van der Waals surface area contributed by atoms with Gasteiger partial charge in [-0.3, -0.25) is 4.79 Å². The van der Waals surface area contributed by atoms with Gasteiger partial charge in [0.15, 0.2) is 11.6 Å². The molecular weight excluding hydrogens is 264 g/mol. The van der Waals surface area contributed by atoms with Crippen LogP contribution in [0.25, 0.3) is 0 Å². The number of benzene rings is 1. The normalized spacial score (nSPS) is 15.9. The fourth-order valence-electron chi connectivity index (χ4n) is 2.42. The lowest BCUT2D eigenvalue weighted by atomic mass is 9.89. The van der Waals surface area contributed by atoms with Crippen LogP contribution < -0.4 is 10.1 Å². The Morgan fingerprint density at radius 3 is 2.65 bits per heavy atom. The second kappa shape index (κ2) is 7.22. The zero-order valence-corrected chi connectivity index (χ0v) is 11.3. The number of hydrogen-bond donors (Lipinski definition) is 1. The zero-order chi connectivity index (χ0) is 14.4. The largest absolute Gasteiger partial charge is 0.492 e. The maximum atomic E-state index is 12.9. The van der Waals surface area contributed by atoms with E-state index in [9.17, 15) is 13.6 Å². The van der Waals surface area contributed by atoms with Gasteiger partial charge in [-0.25, -0.2) is 8.78 Å². The molecule has 1 N–H and O–H groups in total. The first-order chi connectivity index (χ1) is 9.66. The summed E-state index contributed by atoms with van der Waals surface area (Å²) in [4.78, 5) is 11.8. The van der Waals surface area contributed by atoms with Crippen molar-refractivity contribution < 1.29 is 18.3 Å². The van der Waals surface area contributed by atoms with E-state index in [1.54, 1.807) is 0 Å². The van der Waals surface area contributed by atoms with Crippen molar-refractivity contribution in [3.8, 4) is 5.75 Å². The van der Waals surface area contributed by atoms with Crippen molar-refractivity contribution in [1.29, 1.82) is 0 Å². The van der Waals surface area contributed by atoms with E-state index in [4.69, 9.17) is 4.74 Å². The van der Waals surface area contributed by atoms with Crippen molar-refractivity contribution in [2.75, 3.05) is 13.2 Å². The molecule has 20 heavy (non-hydrogen) atoms. The molecule has 0 bridgehead atoms. The second-order valence-corrected chi connectivity index (χ2v) is 5.05. The topological polar surface area (TPSA) is 38.3 Å². The van der Waals surface area contributed by atoms with Gasteiger partial charge in [0.1, 0.15) is 12.4 Å². The lowest BCUT2D eigenvalue weighted by Crippen LogP contribution is -2.34. The molecule has 1 aromatic rings. The molecule has 0 unspecified atom stereocenters. The van der Waals surface area contributed by atoms with Gasteiger partial charge in [-0.15, -0.1) is 0 Å². The van der Waals surface area contributed by atoms with E-state index in [-0.39, 0.29) is 24.2 Å². The summed E-state index contributed by atoms with van der Waals surface area (Å²) in [7, 11) is 0. The summed E-state index contributed by atoms with van der Waals surface area (Å²) in [6.07, 6.45) is 5.35. The van der Waals surface area contributed by atoms with Crippen LogP contribution in [0, 0.1) is 17.6 Å². The van der Waals surface area contributed by atoms with Gasteiger partial charge in [0.2, 0.25) is 5.91 Å². The minimum atomic E-state index is -0.936. The van der Waals surface area contributed by atoms with Crippen molar-refractivity contribution in [2.45, 2.75) is 32.1 Å². The van der Waals surface area contributed by atoms with E-state index < -0.39 is 11.6 Å². The highest BCUT2D eigenvalue weighted by Crippen LogP contribution is 2.23. The number of carbonyl (C=O) groups excluding carboxylic acids is 1. The highest BCUT2D eigenvalue weighted by molar-refractivity contribution is 5.78. The van der Waals surface area contributed by atoms with Crippen molar-refractivity contribution in [3.63, 3.8) is 0 Å². The molecule has 0 spiro atoms. The molecule has 0 atom stereocenters. The standard InChI is InChI=1S/C15H19F2NO2/c16-13-7-6-12(10-14(13)17)20-9-8-18-15(19)11-4-2-1-3-5-11/h6-7,10-11H,1-5,8-9H2,(H,18,19). The fraction of sp³-hybridized carbons (Fsp3) is 0.533. The molecule has 0 aromatic heterocycles. The molecule has 2 rings (SSSR count). The van der Waals surface area contributed by atoms with Crippen LogP contribution in [0.2, 0.25) is 0 Å². The van der Waals surface area contributed by atoms with Crippen molar-refractivity contribution in [1.82, 2.24) is 5.32 Å². The summed E-state index contributed by atoms with van der Waals surface area (Å²) in [6, 6.07) is 3.38. The van der Waals surface area contributed by atoms with Crippen LogP contribution in [0.4, 0.5) is 8.78 Å². The molecule has 1 fully saturated rings. The van der Waals surface area contributed by atoms with Crippen molar-refractivity contribution >= 4 is 5.91 Å². The lowest BCUT2D eigenvalue weighted by Gasteiger charge is -2.20. The number of hydrogen-bond acceptors (Lipinski definition) is 2. The maximum absolute atomic E-state index is 12.9. The monoisotopic (exact) mass is 283 g/mol. The molecule has 0 aliphatic heterocycles. The molecule has 1 amide bonds. The molecule has 0 heterocycles. The first-order valence-corrected chi connectivity index (χ1v) is 7.02. The average Bonchev–Trinajstić information content (AvgIpc) is 2.48. The molecule has 0 radical (unpaired) electrons. The van der Waals surface area contributed by atoms with Crippen molar-refractivity contribution in [2.24, 2.45) is 5.92 Å². The minimum absolute atomic E-state index is 0.0681. The lowest BCUT2D eigenvalue weighted by molar-refractivity contribution is -0.126. The van der Waals surface area contributed by atoms with Crippen LogP contribution in [0.3, 0.4) is 0 Å². The Morgan fingerprint density at radius 1 is 1.20 bits per heavy atom. The predicted octanol–water partition coefficient (Wildman–Crippen LogP) is 3.04. The molecule has 1 aliphatic carbocycles. The molecule has 1 aliphatic rings. The van der Waals surface area contributed by atoms with E-state index in [0.29, 0.717) is 6.54 Å². The summed E-state index contributed by atoms with van der Waals surface area (Å²) < 4.78 is 30.9. The maximum Gasteiger partial charge on any atom is 0.223 e. The highest BCUT2D eigenvalue weighted by atomic mass is 19.2. The number of ether oxygens (including phenoxy) is 1. The summed E-state index contributed by atoms with van der Waals surface area (Å²) in [6.45, 7) is 0.609. The minimum Gasteiger partial charge on any atom is -0.492 e. The van der Waals surface area contributed by atoms with E-state index in [1.807, 2.05) is 0 Å². The first-order valence-electron chi connectivity index (χ1n) is 7.02. The van der Waals surface area contributed by atoms with Crippen LogP contribution in [0.15, 0.2) is 18.2 Å². The van der Waals surface area contributed by atoms with Gasteiger partial charge in [-0.2, -0.15) is 0 Å². The van der Waals surface area contributed by atoms with Crippen LogP contribution in [-0.4, -0.2) is 19.1 Å². The van der Waals surface area contributed by atoms with Crippen LogP contribution in [0.5, 0.6) is 5.75 Å². The zero-order valence-electron chi connectivity index (χ0n) is 11.3. The van der Waals surface area contributed by atoms with E-state index in [2.05, 4.69) is 5.32 Å². The Morgan fingerprint density at radius 2 is 1.95 bits per heavy atom. The first kappa shape index (κ1) is 14.8. The number of nitrogens with one attached hydrogen (secondary N) is 1. The van der Waals surface area contributed by atoms with Gasteiger partial charge in [0.25, 0.3) is 0 Å². The van der Waals surface area contributed by atoms with Gasteiger partial charge in [-0.1, -0.05) is 19.3 Å².